The highest BCUT2D eigenvalue weighted by Gasteiger charge is 2.24. The van der Waals surface area contributed by atoms with Crippen molar-refractivity contribution in [2.75, 3.05) is 6.61 Å². The number of aliphatic hydroxyl groups is 2. The fraction of sp³-hybridized carbons (Fsp3) is 0.934. The number of ether oxygens (including phenoxy) is 1. The van der Waals surface area contributed by atoms with Crippen LogP contribution >= 0.6 is 0 Å². The Morgan fingerprint density at radius 2 is 0.716 bits per heavy atom. The lowest BCUT2D eigenvalue weighted by molar-refractivity contribution is -0.151. The molecule has 6 nitrogen and oxygen atoms in total. The molecule has 0 aliphatic rings. The quantitative estimate of drug-likeness (QED) is 0.0321. The van der Waals surface area contributed by atoms with Gasteiger partial charge in [-0.1, -0.05) is 290 Å². The minimum absolute atomic E-state index is 0.0849. The van der Waals surface area contributed by atoms with Crippen LogP contribution in [0.25, 0.3) is 0 Å². The first-order valence-corrected chi connectivity index (χ1v) is 30.4. The molecule has 398 valence electrons. The molecule has 0 radical (unpaired) electrons. The first-order valence-electron chi connectivity index (χ1n) is 30.4. The Labute approximate surface area is 419 Å². The number of aliphatic hydroxyl groups excluding tert-OH is 2. The molecule has 0 aliphatic heterocycles. The molecule has 1 amide bonds. The van der Waals surface area contributed by atoms with Crippen molar-refractivity contribution in [2.45, 2.75) is 360 Å². The highest BCUT2D eigenvalue weighted by molar-refractivity contribution is 5.77. The summed E-state index contributed by atoms with van der Waals surface area (Å²) in [6.45, 7) is 6.53. The maximum absolute atomic E-state index is 13.3. The van der Waals surface area contributed by atoms with Gasteiger partial charge in [-0.3, -0.25) is 9.59 Å². The van der Waals surface area contributed by atoms with E-state index in [2.05, 4.69) is 38.2 Å². The van der Waals surface area contributed by atoms with E-state index < -0.39 is 18.2 Å². The van der Waals surface area contributed by atoms with Crippen LogP contribution in [0.1, 0.15) is 342 Å². The second kappa shape index (κ2) is 55.5. The van der Waals surface area contributed by atoms with E-state index in [1.807, 2.05) is 0 Å². The van der Waals surface area contributed by atoms with Crippen molar-refractivity contribution in [1.82, 2.24) is 5.32 Å². The van der Waals surface area contributed by atoms with Crippen LogP contribution in [-0.2, 0) is 14.3 Å². The Kier molecular flexibility index (Phi) is 54.4. The molecule has 67 heavy (non-hydrogen) atoms. The van der Waals surface area contributed by atoms with E-state index in [-0.39, 0.29) is 24.9 Å². The van der Waals surface area contributed by atoms with E-state index >= 15 is 0 Å². The van der Waals surface area contributed by atoms with E-state index in [1.165, 1.54) is 250 Å². The largest absolute Gasteiger partial charge is 0.462 e. The molecule has 0 aromatic rings. The number of hydrogen-bond donors (Lipinski definition) is 3. The van der Waals surface area contributed by atoms with E-state index in [9.17, 15) is 19.8 Å². The van der Waals surface area contributed by atoms with Gasteiger partial charge in [-0.05, 0) is 51.4 Å². The summed E-state index contributed by atoms with van der Waals surface area (Å²) in [4.78, 5) is 26.3. The fourth-order valence-electron chi connectivity index (χ4n) is 9.72. The zero-order chi connectivity index (χ0) is 48.8. The molecule has 3 N–H and O–H groups in total. The molecule has 6 heteroatoms. The maximum Gasteiger partial charge on any atom is 0.306 e. The summed E-state index contributed by atoms with van der Waals surface area (Å²) >= 11 is 0. The zero-order valence-corrected chi connectivity index (χ0v) is 45.6. The minimum atomic E-state index is -0.783. The predicted molar refractivity (Wildman–Crippen MR) is 292 cm³/mol. The summed E-state index contributed by atoms with van der Waals surface area (Å²) in [5.41, 5.74) is 0. The van der Waals surface area contributed by atoms with Gasteiger partial charge in [-0.2, -0.15) is 0 Å². The average molecular weight is 947 g/mol. The van der Waals surface area contributed by atoms with E-state index in [4.69, 9.17) is 4.74 Å². The number of allylic oxidation sites excluding steroid dienone is 2. The molecule has 0 spiro atoms. The summed E-state index contributed by atoms with van der Waals surface area (Å²) in [5.74, 6) is -0.451. The van der Waals surface area contributed by atoms with Gasteiger partial charge in [0.05, 0.1) is 25.2 Å². The number of esters is 1. The second-order valence-corrected chi connectivity index (χ2v) is 21.1. The van der Waals surface area contributed by atoms with Crippen molar-refractivity contribution < 1.29 is 24.5 Å². The molecule has 0 aliphatic carbocycles. The van der Waals surface area contributed by atoms with Gasteiger partial charge >= 0.3 is 5.97 Å². The summed E-state index contributed by atoms with van der Waals surface area (Å²) < 4.78 is 5.97. The Balaban J connectivity index is 4.41. The third kappa shape index (κ3) is 50.8. The smallest absolute Gasteiger partial charge is 0.306 e. The average Bonchev–Trinajstić information content (AvgIpc) is 3.32. The van der Waals surface area contributed by atoms with E-state index in [0.29, 0.717) is 19.3 Å². The van der Waals surface area contributed by atoms with E-state index in [0.717, 1.165) is 44.9 Å². The number of carbonyl (C=O) groups is 2. The molecule has 0 fully saturated rings. The number of rotatable bonds is 56. The summed E-state index contributed by atoms with van der Waals surface area (Å²) in [7, 11) is 0. The normalized spacial score (nSPS) is 13.1. The zero-order valence-electron chi connectivity index (χ0n) is 45.6. The minimum Gasteiger partial charge on any atom is -0.462 e. The summed E-state index contributed by atoms with van der Waals surface area (Å²) in [5, 5.41) is 23.9. The third-order valence-corrected chi connectivity index (χ3v) is 14.3. The van der Waals surface area contributed by atoms with Crippen LogP contribution in [0.5, 0.6) is 0 Å². The molecule has 3 atom stereocenters. The van der Waals surface area contributed by atoms with Crippen LogP contribution in [0.3, 0.4) is 0 Å². The summed E-state index contributed by atoms with van der Waals surface area (Å²) in [6, 6.07) is -0.696. The van der Waals surface area contributed by atoms with Gasteiger partial charge in [0, 0.05) is 6.42 Å². The van der Waals surface area contributed by atoms with Crippen LogP contribution in [0.15, 0.2) is 12.2 Å². The molecular weight excluding hydrogens is 827 g/mol. The van der Waals surface area contributed by atoms with Gasteiger partial charge in [0.2, 0.25) is 5.91 Å². The van der Waals surface area contributed by atoms with Crippen molar-refractivity contribution in [1.29, 1.82) is 0 Å². The molecule has 0 heterocycles. The van der Waals surface area contributed by atoms with Crippen molar-refractivity contribution in [3.8, 4) is 0 Å². The molecule has 3 unspecified atom stereocenters. The van der Waals surface area contributed by atoms with Crippen LogP contribution in [0.2, 0.25) is 0 Å². The van der Waals surface area contributed by atoms with Crippen molar-refractivity contribution in [2.24, 2.45) is 0 Å². The SMILES string of the molecule is CCCCCCCC/C=C/CCCCCCCCCCCC(=O)OC(CCCCCCCCCCCCCC)CC(=O)NC(CO)C(O)CCCCCCCCCCCCCCCCCCC. The topological polar surface area (TPSA) is 95.9 Å². The Morgan fingerprint density at radius 1 is 0.418 bits per heavy atom. The first-order chi connectivity index (χ1) is 33.0. The van der Waals surface area contributed by atoms with Gasteiger partial charge in [0.1, 0.15) is 6.10 Å². The lowest BCUT2D eigenvalue weighted by atomic mass is 10.0. The van der Waals surface area contributed by atoms with Crippen molar-refractivity contribution in [3.05, 3.63) is 12.2 Å². The number of nitrogens with one attached hydrogen (secondary N) is 1. The van der Waals surface area contributed by atoms with Crippen LogP contribution in [-0.4, -0.2) is 46.9 Å². The highest BCUT2D eigenvalue weighted by atomic mass is 16.5. The monoisotopic (exact) mass is 946 g/mol. The highest BCUT2D eigenvalue weighted by Crippen LogP contribution is 2.19. The molecule has 0 saturated carbocycles. The summed E-state index contributed by atoms with van der Waals surface area (Å²) in [6.07, 6.45) is 64.3. The molecule has 0 rings (SSSR count). The molecule has 0 saturated heterocycles. The van der Waals surface area contributed by atoms with Gasteiger partial charge in [-0.25, -0.2) is 0 Å². The van der Waals surface area contributed by atoms with Crippen LogP contribution in [0.4, 0.5) is 0 Å². The second-order valence-electron chi connectivity index (χ2n) is 21.1. The maximum atomic E-state index is 13.3. The van der Waals surface area contributed by atoms with Gasteiger partial charge in [0.25, 0.3) is 0 Å². The van der Waals surface area contributed by atoms with Crippen molar-refractivity contribution >= 4 is 11.9 Å². The molecular formula is C61H119NO5. The Morgan fingerprint density at radius 3 is 1.06 bits per heavy atom. The number of carbonyl (C=O) groups excluding carboxylic acids is 2. The van der Waals surface area contributed by atoms with Gasteiger partial charge < -0.3 is 20.3 Å². The Bertz CT molecular complexity index is 1020. The third-order valence-electron chi connectivity index (χ3n) is 14.3. The van der Waals surface area contributed by atoms with Crippen LogP contribution < -0.4 is 5.32 Å². The molecule has 0 aromatic carbocycles. The molecule has 0 bridgehead atoms. The number of unbranched alkanes of at least 4 members (excludes halogenated alkanes) is 42. The lowest BCUT2D eigenvalue weighted by Gasteiger charge is -2.24. The Hall–Kier alpha value is -1.40. The van der Waals surface area contributed by atoms with E-state index in [1.54, 1.807) is 0 Å². The first kappa shape index (κ1) is 65.6. The van der Waals surface area contributed by atoms with Crippen LogP contribution in [0, 0.1) is 0 Å². The van der Waals surface area contributed by atoms with Gasteiger partial charge in [-0.15, -0.1) is 0 Å². The van der Waals surface area contributed by atoms with Crippen molar-refractivity contribution in [3.63, 3.8) is 0 Å². The van der Waals surface area contributed by atoms with Gasteiger partial charge in [0.15, 0.2) is 0 Å². The number of amides is 1. The predicted octanol–water partition coefficient (Wildman–Crippen LogP) is 18.9. The fourth-order valence-corrected chi connectivity index (χ4v) is 9.72. The standard InChI is InChI=1S/C61H119NO5/c1-4-7-10-13-16-19-22-25-27-29-30-32-34-36-39-42-45-48-51-54-61(66)67-57(52-49-46-43-40-37-24-21-18-15-12-9-6-3)55-60(65)62-58(56-63)59(64)53-50-47-44-41-38-35-33-31-28-26-23-20-17-14-11-8-5-2/h25,27,57-59,63-64H,4-24,26,28-56H2,1-3H3,(H,62,65)/b27-25+. The lowest BCUT2D eigenvalue weighted by Crippen LogP contribution is -2.46. The number of hydrogen-bond acceptors (Lipinski definition) is 5. The molecule has 0 aromatic heterocycles.